The number of rotatable bonds is 9. The number of anilines is 1. The number of nitrogens with zero attached hydrogens (tertiary/aromatic N) is 1. The Morgan fingerprint density at radius 3 is 2.61 bits per heavy atom. The second kappa shape index (κ2) is 9.29. The number of hydrogen-bond acceptors (Lipinski definition) is 3. The van der Waals surface area contributed by atoms with Crippen LogP contribution in [0.15, 0.2) is 24.3 Å². The predicted octanol–water partition coefficient (Wildman–Crippen LogP) is 3.62. The Labute approximate surface area is 116 Å². The van der Waals surface area contributed by atoms with E-state index in [1.54, 1.807) is 0 Å². The maximum Gasteiger partial charge on any atom is 0.0359 e. The molecule has 0 fully saturated rings. The van der Waals surface area contributed by atoms with Crippen LogP contribution in [0.5, 0.6) is 0 Å². The molecule has 2 N–H and O–H groups in total. The first-order valence-electron chi connectivity index (χ1n) is 6.91. The maximum absolute atomic E-state index is 6.01. The molecule has 0 aliphatic heterocycles. The summed E-state index contributed by atoms with van der Waals surface area (Å²) in [7, 11) is 0. The fourth-order valence-electron chi connectivity index (χ4n) is 2.04. The monoisotopic (exact) mass is 266 g/mol. The summed E-state index contributed by atoms with van der Waals surface area (Å²) in [6, 6.07) is 8.20. The maximum atomic E-state index is 6.01. The highest BCUT2D eigenvalue weighted by atomic mass is 32.2. The van der Waals surface area contributed by atoms with E-state index in [4.69, 9.17) is 5.73 Å². The molecule has 1 aromatic rings. The third-order valence-corrected chi connectivity index (χ3v) is 3.94. The third-order valence-electron chi connectivity index (χ3n) is 2.96. The summed E-state index contributed by atoms with van der Waals surface area (Å²) in [5.74, 6) is 2.49. The van der Waals surface area contributed by atoms with Crippen LogP contribution in [0.3, 0.4) is 0 Å². The largest absolute Gasteiger partial charge is 0.398 e. The molecule has 0 atom stereocenters. The number of nitrogens with two attached hydrogens (primary N) is 1. The Balaban J connectivity index is 2.44. The number of thioether (sulfide) groups is 1. The molecule has 0 radical (unpaired) electrons. The quantitative estimate of drug-likeness (QED) is 0.547. The molecule has 0 saturated carbocycles. The summed E-state index contributed by atoms with van der Waals surface area (Å²) < 4.78 is 0. The van der Waals surface area contributed by atoms with Gasteiger partial charge in [-0.25, -0.2) is 0 Å². The lowest BCUT2D eigenvalue weighted by Crippen LogP contribution is -2.26. The van der Waals surface area contributed by atoms with Crippen molar-refractivity contribution in [3.8, 4) is 0 Å². The van der Waals surface area contributed by atoms with Gasteiger partial charge in [-0.2, -0.15) is 11.8 Å². The Kier molecular flexibility index (Phi) is 7.94. The Morgan fingerprint density at radius 2 is 1.94 bits per heavy atom. The highest BCUT2D eigenvalue weighted by molar-refractivity contribution is 7.99. The Bertz CT molecular complexity index is 328. The van der Waals surface area contributed by atoms with Gasteiger partial charge in [-0.3, -0.25) is 4.90 Å². The smallest absolute Gasteiger partial charge is 0.0359 e. The van der Waals surface area contributed by atoms with E-state index in [1.807, 2.05) is 23.9 Å². The molecule has 3 heteroatoms. The number of benzene rings is 1. The van der Waals surface area contributed by atoms with Gasteiger partial charge in [-0.1, -0.05) is 32.0 Å². The molecule has 0 amide bonds. The van der Waals surface area contributed by atoms with Crippen LogP contribution in [0.1, 0.15) is 32.3 Å². The van der Waals surface area contributed by atoms with Gasteiger partial charge in [0, 0.05) is 12.2 Å². The van der Waals surface area contributed by atoms with Gasteiger partial charge in [0.15, 0.2) is 0 Å². The summed E-state index contributed by atoms with van der Waals surface area (Å²) >= 11 is 2.03. The minimum Gasteiger partial charge on any atom is -0.398 e. The van der Waals surface area contributed by atoms with Crippen molar-refractivity contribution in [2.24, 2.45) is 0 Å². The number of para-hydroxylation sites is 1. The van der Waals surface area contributed by atoms with Gasteiger partial charge in [0.2, 0.25) is 0 Å². The van der Waals surface area contributed by atoms with Crippen molar-refractivity contribution in [3.63, 3.8) is 0 Å². The molecule has 102 valence electrons. The normalized spacial score (nSPS) is 11.1. The first-order valence-corrected chi connectivity index (χ1v) is 8.06. The van der Waals surface area contributed by atoms with Gasteiger partial charge in [0.25, 0.3) is 0 Å². The van der Waals surface area contributed by atoms with Gasteiger partial charge >= 0.3 is 0 Å². The summed E-state index contributed by atoms with van der Waals surface area (Å²) in [6.45, 7) is 7.78. The minimum absolute atomic E-state index is 0.918. The van der Waals surface area contributed by atoms with Gasteiger partial charge in [-0.05, 0) is 49.1 Å². The van der Waals surface area contributed by atoms with Crippen molar-refractivity contribution in [1.29, 1.82) is 0 Å². The Hall–Kier alpha value is -0.670. The zero-order valence-electron chi connectivity index (χ0n) is 11.7. The highest BCUT2D eigenvalue weighted by Crippen LogP contribution is 2.14. The lowest BCUT2D eigenvalue weighted by molar-refractivity contribution is 0.268. The average molecular weight is 266 g/mol. The fraction of sp³-hybridized carbons (Fsp3) is 0.600. The molecule has 0 saturated heterocycles. The van der Waals surface area contributed by atoms with Crippen LogP contribution < -0.4 is 5.73 Å². The second-order valence-corrected chi connectivity index (χ2v) is 5.92. The van der Waals surface area contributed by atoms with E-state index in [0.717, 1.165) is 18.8 Å². The number of nitrogen functional groups attached to an aromatic ring is 1. The highest BCUT2D eigenvalue weighted by Gasteiger charge is 2.06. The molecule has 0 spiro atoms. The minimum atomic E-state index is 0.918. The summed E-state index contributed by atoms with van der Waals surface area (Å²) in [6.07, 6.45) is 2.47. The van der Waals surface area contributed by atoms with Gasteiger partial charge < -0.3 is 5.73 Å². The van der Waals surface area contributed by atoms with E-state index in [9.17, 15) is 0 Å². The van der Waals surface area contributed by atoms with Crippen LogP contribution >= 0.6 is 11.8 Å². The van der Waals surface area contributed by atoms with E-state index >= 15 is 0 Å². The molecular weight excluding hydrogens is 240 g/mol. The summed E-state index contributed by atoms with van der Waals surface area (Å²) in [5.41, 5.74) is 8.19. The molecule has 0 aliphatic carbocycles. The Morgan fingerprint density at radius 1 is 1.17 bits per heavy atom. The van der Waals surface area contributed by atoms with Crippen molar-refractivity contribution in [2.75, 3.05) is 30.3 Å². The molecule has 0 bridgehead atoms. The number of hydrogen-bond donors (Lipinski definition) is 1. The molecule has 0 aromatic heterocycles. The molecule has 0 aliphatic rings. The van der Waals surface area contributed by atoms with E-state index in [0.29, 0.717) is 0 Å². The fourth-order valence-corrected chi connectivity index (χ4v) is 2.66. The summed E-state index contributed by atoms with van der Waals surface area (Å²) in [4.78, 5) is 2.52. The summed E-state index contributed by atoms with van der Waals surface area (Å²) in [5, 5.41) is 0. The third kappa shape index (κ3) is 5.78. The molecular formula is C15H26N2S. The second-order valence-electron chi connectivity index (χ2n) is 4.53. The molecule has 0 heterocycles. The lowest BCUT2D eigenvalue weighted by atomic mass is 10.1. The van der Waals surface area contributed by atoms with Crippen molar-refractivity contribution >= 4 is 17.4 Å². The van der Waals surface area contributed by atoms with Crippen molar-refractivity contribution in [3.05, 3.63) is 29.8 Å². The zero-order chi connectivity index (χ0) is 13.2. The topological polar surface area (TPSA) is 29.3 Å². The molecule has 18 heavy (non-hydrogen) atoms. The SMILES string of the molecule is CCCN(CCCSCC)Cc1ccccc1N. The van der Waals surface area contributed by atoms with E-state index in [1.165, 1.54) is 36.5 Å². The predicted molar refractivity (Wildman–Crippen MR) is 84.0 cm³/mol. The van der Waals surface area contributed by atoms with Crippen LogP contribution in [-0.2, 0) is 6.54 Å². The van der Waals surface area contributed by atoms with Gasteiger partial charge in [0.05, 0.1) is 0 Å². The van der Waals surface area contributed by atoms with Crippen molar-refractivity contribution in [1.82, 2.24) is 4.90 Å². The van der Waals surface area contributed by atoms with Crippen LogP contribution in [-0.4, -0.2) is 29.5 Å². The van der Waals surface area contributed by atoms with Crippen LogP contribution in [0.4, 0.5) is 5.69 Å². The van der Waals surface area contributed by atoms with Crippen LogP contribution in [0, 0.1) is 0 Å². The van der Waals surface area contributed by atoms with Gasteiger partial charge in [0.1, 0.15) is 0 Å². The zero-order valence-corrected chi connectivity index (χ0v) is 12.5. The molecule has 1 aromatic carbocycles. The van der Waals surface area contributed by atoms with E-state index < -0.39 is 0 Å². The molecule has 0 unspecified atom stereocenters. The lowest BCUT2D eigenvalue weighted by Gasteiger charge is -2.22. The average Bonchev–Trinajstić information content (AvgIpc) is 2.37. The molecule has 2 nitrogen and oxygen atoms in total. The molecule has 1 rings (SSSR count). The van der Waals surface area contributed by atoms with Crippen molar-refractivity contribution < 1.29 is 0 Å². The van der Waals surface area contributed by atoms with E-state index in [2.05, 4.69) is 30.9 Å². The van der Waals surface area contributed by atoms with E-state index in [-0.39, 0.29) is 0 Å². The van der Waals surface area contributed by atoms with Crippen LogP contribution in [0.25, 0.3) is 0 Å². The van der Waals surface area contributed by atoms with Crippen molar-refractivity contribution in [2.45, 2.75) is 33.2 Å². The standard InChI is InChI=1S/C15H26N2S/c1-3-10-17(11-7-12-18-4-2)13-14-8-5-6-9-15(14)16/h5-6,8-9H,3-4,7,10-13,16H2,1-2H3. The first-order chi connectivity index (χ1) is 8.77. The first kappa shape index (κ1) is 15.4. The van der Waals surface area contributed by atoms with Gasteiger partial charge in [-0.15, -0.1) is 0 Å². The van der Waals surface area contributed by atoms with Crippen LogP contribution in [0.2, 0.25) is 0 Å².